The third kappa shape index (κ3) is 5.31. The quantitative estimate of drug-likeness (QED) is 0.714. The number of rotatable bonds is 2. The van der Waals surface area contributed by atoms with Crippen molar-refractivity contribution in [1.82, 2.24) is 9.80 Å². The van der Waals surface area contributed by atoms with Crippen LogP contribution in [0.25, 0.3) is 0 Å². The van der Waals surface area contributed by atoms with Crippen LogP contribution < -0.4 is 0 Å². The highest BCUT2D eigenvalue weighted by atomic mass is 15.1. The van der Waals surface area contributed by atoms with Gasteiger partial charge in [0.05, 0.1) is 0 Å². The molecule has 0 aromatic heterocycles. The van der Waals surface area contributed by atoms with Crippen LogP contribution >= 0.6 is 0 Å². The molecule has 1 unspecified atom stereocenters. The maximum Gasteiger partial charge on any atom is 0.00643 e. The molecule has 2 heterocycles. The van der Waals surface area contributed by atoms with Crippen molar-refractivity contribution >= 4 is 0 Å². The predicted molar refractivity (Wildman–Crippen MR) is 71.9 cm³/mol. The first-order valence-electron chi connectivity index (χ1n) is 7.16. The van der Waals surface area contributed by atoms with Crippen LogP contribution in [0.4, 0.5) is 0 Å². The van der Waals surface area contributed by atoms with Crippen LogP contribution in [-0.2, 0) is 0 Å². The molecule has 1 atom stereocenters. The van der Waals surface area contributed by atoms with Gasteiger partial charge < -0.3 is 9.80 Å². The van der Waals surface area contributed by atoms with Gasteiger partial charge in [-0.15, -0.1) is 0 Å². The van der Waals surface area contributed by atoms with Gasteiger partial charge in [-0.05, 0) is 72.3 Å². The number of piperidine rings is 1. The molecule has 0 bridgehead atoms. The molecule has 0 radical (unpaired) electrons. The first-order valence-corrected chi connectivity index (χ1v) is 7.16. The highest BCUT2D eigenvalue weighted by Gasteiger charge is 2.13. The third-order valence-electron chi connectivity index (χ3n) is 3.93. The molecule has 2 aliphatic heterocycles. The summed E-state index contributed by atoms with van der Waals surface area (Å²) in [6.07, 6.45) is 8.43. The lowest BCUT2D eigenvalue weighted by molar-refractivity contribution is 0.170. The molecule has 0 amide bonds. The number of likely N-dealkylation sites (tertiary alicyclic amines) is 2. The van der Waals surface area contributed by atoms with E-state index in [0.29, 0.717) is 0 Å². The molecule has 16 heavy (non-hydrogen) atoms. The number of hydrogen-bond donors (Lipinski definition) is 0. The van der Waals surface area contributed by atoms with Crippen molar-refractivity contribution < 1.29 is 0 Å². The molecule has 0 aromatic carbocycles. The Morgan fingerprint density at radius 1 is 0.875 bits per heavy atom. The molecule has 0 saturated carbocycles. The van der Waals surface area contributed by atoms with E-state index in [-0.39, 0.29) is 0 Å². The first kappa shape index (κ1) is 14.0. The van der Waals surface area contributed by atoms with Gasteiger partial charge in [0.15, 0.2) is 0 Å². The fraction of sp³-hybridized carbons (Fsp3) is 1.00. The van der Waals surface area contributed by atoms with Crippen LogP contribution in [0.5, 0.6) is 0 Å². The molecular weight excluding hydrogens is 196 g/mol. The van der Waals surface area contributed by atoms with E-state index in [0.717, 1.165) is 6.04 Å². The van der Waals surface area contributed by atoms with E-state index >= 15 is 0 Å². The summed E-state index contributed by atoms with van der Waals surface area (Å²) in [5.41, 5.74) is 0. The van der Waals surface area contributed by atoms with Gasteiger partial charge in [0.25, 0.3) is 0 Å². The van der Waals surface area contributed by atoms with Gasteiger partial charge in [-0.1, -0.05) is 13.3 Å². The lowest BCUT2D eigenvalue weighted by Gasteiger charge is -2.31. The van der Waals surface area contributed by atoms with Gasteiger partial charge in [-0.3, -0.25) is 0 Å². The highest BCUT2D eigenvalue weighted by molar-refractivity contribution is 4.69. The maximum atomic E-state index is 2.61. The monoisotopic (exact) mass is 226 g/mol. The van der Waals surface area contributed by atoms with E-state index in [9.17, 15) is 0 Å². The number of hydrogen-bond acceptors (Lipinski definition) is 2. The molecule has 0 N–H and O–H groups in total. The minimum absolute atomic E-state index is 0.820. The largest absolute Gasteiger partial charge is 0.306 e. The van der Waals surface area contributed by atoms with E-state index in [2.05, 4.69) is 30.7 Å². The molecule has 96 valence electrons. The Morgan fingerprint density at radius 3 is 1.75 bits per heavy atom. The lowest BCUT2D eigenvalue weighted by Crippen LogP contribution is -2.36. The normalized spacial score (nSPS) is 24.9. The molecule has 2 fully saturated rings. The topological polar surface area (TPSA) is 6.48 Å². The van der Waals surface area contributed by atoms with Crippen LogP contribution in [-0.4, -0.2) is 49.1 Å². The average molecular weight is 226 g/mol. The summed E-state index contributed by atoms with van der Waals surface area (Å²) in [7, 11) is 2.17. The van der Waals surface area contributed by atoms with Crippen molar-refractivity contribution in [3.8, 4) is 0 Å². The van der Waals surface area contributed by atoms with Crippen molar-refractivity contribution in [3.05, 3.63) is 0 Å². The lowest BCUT2D eigenvalue weighted by atomic mass is 10.1. The van der Waals surface area contributed by atoms with Crippen LogP contribution in [0.3, 0.4) is 0 Å². The van der Waals surface area contributed by atoms with Crippen molar-refractivity contribution in [3.63, 3.8) is 0 Å². The zero-order valence-corrected chi connectivity index (χ0v) is 11.5. The van der Waals surface area contributed by atoms with Gasteiger partial charge >= 0.3 is 0 Å². The second kappa shape index (κ2) is 8.08. The van der Waals surface area contributed by atoms with Gasteiger partial charge in [0.2, 0.25) is 0 Å². The molecule has 2 saturated heterocycles. The molecule has 2 heteroatoms. The fourth-order valence-electron chi connectivity index (χ4n) is 2.49. The van der Waals surface area contributed by atoms with Crippen LogP contribution in [0, 0.1) is 0 Å². The van der Waals surface area contributed by atoms with E-state index in [4.69, 9.17) is 0 Å². The molecule has 2 aliphatic rings. The molecule has 2 nitrogen and oxygen atoms in total. The zero-order chi connectivity index (χ0) is 11.8. The Bertz CT molecular complexity index is 158. The first-order chi connectivity index (χ1) is 7.74. The molecule has 2 rings (SSSR count). The summed E-state index contributed by atoms with van der Waals surface area (Å²) in [6.45, 7) is 9.94. The van der Waals surface area contributed by atoms with Gasteiger partial charge in [-0.2, -0.15) is 0 Å². The van der Waals surface area contributed by atoms with Crippen molar-refractivity contribution in [1.29, 1.82) is 0 Å². The average Bonchev–Trinajstić information content (AvgIpc) is 2.81. The van der Waals surface area contributed by atoms with E-state index < -0.39 is 0 Å². The van der Waals surface area contributed by atoms with Crippen LogP contribution in [0.15, 0.2) is 0 Å². The SMILES string of the molecule is CCC(C)N1CCCCC1.CN1CCCC1. The highest BCUT2D eigenvalue weighted by Crippen LogP contribution is 2.13. The summed E-state index contributed by atoms with van der Waals surface area (Å²) in [4.78, 5) is 4.98. The second-order valence-corrected chi connectivity index (χ2v) is 5.36. The van der Waals surface area contributed by atoms with E-state index in [1.54, 1.807) is 0 Å². The summed E-state index contributed by atoms with van der Waals surface area (Å²) < 4.78 is 0. The van der Waals surface area contributed by atoms with Gasteiger partial charge in [-0.25, -0.2) is 0 Å². The Balaban J connectivity index is 0.000000181. The molecule has 0 spiro atoms. The van der Waals surface area contributed by atoms with Gasteiger partial charge in [0, 0.05) is 6.04 Å². The smallest absolute Gasteiger partial charge is 0.00643 e. The Hall–Kier alpha value is -0.0800. The Morgan fingerprint density at radius 2 is 1.38 bits per heavy atom. The maximum absolute atomic E-state index is 2.61. The number of nitrogens with zero attached hydrogens (tertiary/aromatic N) is 2. The minimum Gasteiger partial charge on any atom is -0.306 e. The van der Waals surface area contributed by atoms with Crippen LogP contribution in [0.1, 0.15) is 52.4 Å². The summed E-state index contributed by atoms with van der Waals surface area (Å²) in [5, 5.41) is 0. The molecule has 0 aliphatic carbocycles. The van der Waals surface area contributed by atoms with Gasteiger partial charge in [0.1, 0.15) is 0 Å². The van der Waals surface area contributed by atoms with Crippen LogP contribution in [0.2, 0.25) is 0 Å². The Labute approximate surface area is 102 Å². The van der Waals surface area contributed by atoms with Crippen molar-refractivity contribution in [2.45, 2.75) is 58.4 Å². The van der Waals surface area contributed by atoms with Crippen molar-refractivity contribution in [2.24, 2.45) is 0 Å². The standard InChI is InChI=1S/C9H19N.C5H11N/c1-3-9(2)10-7-5-4-6-8-10;1-6-4-2-3-5-6/h9H,3-8H2,1-2H3;2-5H2,1H3. The van der Waals surface area contributed by atoms with E-state index in [1.807, 2.05) is 0 Å². The fourth-order valence-corrected chi connectivity index (χ4v) is 2.49. The third-order valence-corrected chi connectivity index (χ3v) is 3.93. The minimum atomic E-state index is 0.820. The molecular formula is C14H30N2. The van der Waals surface area contributed by atoms with Crippen molar-refractivity contribution in [2.75, 3.05) is 33.2 Å². The summed E-state index contributed by atoms with van der Waals surface area (Å²) in [6, 6.07) is 0.820. The zero-order valence-electron chi connectivity index (χ0n) is 11.5. The Kier molecular flexibility index (Phi) is 7.06. The predicted octanol–water partition coefficient (Wildman–Crippen LogP) is 2.98. The summed E-state index contributed by atoms with van der Waals surface area (Å²) >= 11 is 0. The summed E-state index contributed by atoms with van der Waals surface area (Å²) in [5.74, 6) is 0. The second-order valence-electron chi connectivity index (χ2n) is 5.36. The van der Waals surface area contributed by atoms with E-state index in [1.165, 1.54) is 64.7 Å². The molecule has 0 aromatic rings.